The number of benzene rings is 1. The molecule has 2 aliphatic heterocycles. The van der Waals surface area contributed by atoms with Gasteiger partial charge in [-0.2, -0.15) is 0 Å². The predicted octanol–water partition coefficient (Wildman–Crippen LogP) is 1.87. The van der Waals surface area contributed by atoms with Crippen LogP contribution in [-0.2, 0) is 16.0 Å². The molecule has 0 radical (unpaired) electrons. The van der Waals surface area contributed by atoms with Crippen molar-refractivity contribution in [1.82, 2.24) is 10.6 Å². The monoisotopic (exact) mass is 370 g/mol. The molecule has 6 heteroatoms. The van der Waals surface area contributed by atoms with Crippen molar-refractivity contribution >= 4 is 23.2 Å². The van der Waals surface area contributed by atoms with Gasteiger partial charge in [-0.15, -0.1) is 0 Å². The Hall–Kier alpha value is -2.30. The third-order valence-electron chi connectivity index (χ3n) is 5.78. The zero-order chi connectivity index (χ0) is 19.2. The highest BCUT2D eigenvalue weighted by Crippen LogP contribution is 2.37. The van der Waals surface area contributed by atoms with E-state index in [1.54, 1.807) is 7.05 Å². The van der Waals surface area contributed by atoms with Crippen molar-refractivity contribution in [2.75, 3.05) is 43.5 Å². The summed E-state index contributed by atoms with van der Waals surface area (Å²) in [6.07, 6.45) is 5.05. The van der Waals surface area contributed by atoms with Crippen molar-refractivity contribution in [3.05, 3.63) is 29.5 Å². The molecular formula is C21H30N4O2. The van der Waals surface area contributed by atoms with Gasteiger partial charge in [0.15, 0.2) is 0 Å². The Morgan fingerprint density at radius 3 is 2.56 bits per heavy atom. The molecule has 0 spiro atoms. The summed E-state index contributed by atoms with van der Waals surface area (Å²) in [5, 5.41) is 6.00. The fourth-order valence-corrected chi connectivity index (χ4v) is 4.19. The molecule has 3 rings (SSSR count). The summed E-state index contributed by atoms with van der Waals surface area (Å²) in [7, 11) is 3.65. The highest BCUT2D eigenvalue weighted by Gasteiger charge is 2.26. The molecule has 0 aliphatic carbocycles. The van der Waals surface area contributed by atoms with E-state index in [4.69, 9.17) is 0 Å². The van der Waals surface area contributed by atoms with Crippen molar-refractivity contribution in [3.8, 4) is 0 Å². The second kappa shape index (κ2) is 9.07. The first-order valence-electron chi connectivity index (χ1n) is 9.94. The zero-order valence-corrected chi connectivity index (χ0v) is 16.4. The van der Waals surface area contributed by atoms with E-state index in [-0.39, 0.29) is 5.91 Å². The molecule has 0 unspecified atom stereocenters. The van der Waals surface area contributed by atoms with Crippen LogP contribution in [0.25, 0.3) is 0 Å². The zero-order valence-electron chi connectivity index (χ0n) is 16.4. The Labute approximate surface area is 161 Å². The number of hydrogen-bond acceptors (Lipinski definition) is 5. The van der Waals surface area contributed by atoms with Gasteiger partial charge >= 0.3 is 0 Å². The Morgan fingerprint density at radius 1 is 1.15 bits per heavy atom. The number of anilines is 2. The Bertz CT molecular complexity index is 719. The van der Waals surface area contributed by atoms with Gasteiger partial charge in [0.25, 0.3) is 0 Å². The van der Waals surface area contributed by atoms with Crippen molar-refractivity contribution in [2.24, 2.45) is 0 Å². The highest BCUT2D eigenvalue weighted by molar-refractivity contribution is 5.78. The first kappa shape index (κ1) is 19.5. The quantitative estimate of drug-likeness (QED) is 0.749. The van der Waals surface area contributed by atoms with Crippen molar-refractivity contribution in [1.29, 1.82) is 0 Å². The van der Waals surface area contributed by atoms with Crippen molar-refractivity contribution in [2.45, 2.75) is 44.6 Å². The van der Waals surface area contributed by atoms with E-state index < -0.39 is 0 Å². The molecule has 2 heterocycles. The Kier molecular flexibility index (Phi) is 6.54. The van der Waals surface area contributed by atoms with Crippen molar-refractivity contribution in [3.63, 3.8) is 0 Å². The molecule has 1 fully saturated rings. The fourth-order valence-electron chi connectivity index (χ4n) is 4.19. The molecule has 146 valence electrons. The van der Waals surface area contributed by atoms with Gasteiger partial charge in [0.05, 0.1) is 0 Å². The molecule has 1 amide bonds. The summed E-state index contributed by atoms with van der Waals surface area (Å²) < 4.78 is 0. The number of fused-ring (bicyclic) bond motifs is 1. The first-order chi connectivity index (χ1) is 13.2. The second-order valence-electron chi connectivity index (χ2n) is 7.30. The van der Waals surface area contributed by atoms with Gasteiger partial charge in [-0.3, -0.25) is 4.79 Å². The van der Waals surface area contributed by atoms with Crippen LogP contribution >= 0.6 is 0 Å². The van der Waals surface area contributed by atoms with Gasteiger partial charge < -0.3 is 20.4 Å². The largest absolute Gasteiger partial charge is 0.371 e. The number of rotatable bonds is 6. The summed E-state index contributed by atoms with van der Waals surface area (Å²) in [4.78, 5) is 27.8. The van der Waals surface area contributed by atoms with Gasteiger partial charge in [-0.05, 0) is 50.4 Å². The fraction of sp³-hybridized carbons (Fsp3) is 0.571. The summed E-state index contributed by atoms with van der Waals surface area (Å²) in [6.45, 7) is 2.90. The van der Waals surface area contributed by atoms with Gasteiger partial charge in [-0.1, -0.05) is 6.07 Å². The number of carbonyl (C=O) groups excluding carboxylic acids is 2. The van der Waals surface area contributed by atoms with Crippen LogP contribution < -0.4 is 20.4 Å². The molecule has 2 aliphatic rings. The topological polar surface area (TPSA) is 64.7 Å². The predicted molar refractivity (Wildman–Crippen MR) is 109 cm³/mol. The number of nitrogens with one attached hydrogen (secondary N) is 2. The molecule has 0 aromatic heterocycles. The minimum Gasteiger partial charge on any atom is -0.371 e. The highest BCUT2D eigenvalue weighted by atomic mass is 16.1. The van der Waals surface area contributed by atoms with E-state index in [0.29, 0.717) is 24.6 Å². The Morgan fingerprint density at radius 2 is 1.89 bits per heavy atom. The van der Waals surface area contributed by atoms with Gasteiger partial charge in [-0.25, -0.2) is 4.79 Å². The number of hydrogen-bond donors (Lipinski definition) is 2. The summed E-state index contributed by atoms with van der Waals surface area (Å²) >= 11 is 0. The van der Waals surface area contributed by atoms with Crippen LogP contribution in [0.2, 0.25) is 0 Å². The van der Waals surface area contributed by atoms with E-state index >= 15 is 0 Å². The lowest BCUT2D eigenvalue weighted by atomic mass is 9.96. The molecule has 6 nitrogen and oxygen atoms in total. The summed E-state index contributed by atoms with van der Waals surface area (Å²) in [6, 6.07) is 6.98. The lowest BCUT2D eigenvalue weighted by Gasteiger charge is -2.38. The van der Waals surface area contributed by atoms with Crippen LogP contribution in [0.3, 0.4) is 0 Å². The normalized spacial score (nSPS) is 17.3. The number of carbonyl (C=O) groups is 1. The molecule has 1 aromatic carbocycles. The summed E-state index contributed by atoms with van der Waals surface area (Å²) in [5.41, 5.74) is 4.29. The van der Waals surface area contributed by atoms with E-state index in [9.17, 15) is 9.59 Å². The number of allylic oxidation sites excluding steroid dienone is 1. The Balaban J connectivity index is 1.82. The van der Waals surface area contributed by atoms with Gasteiger partial charge in [0.2, 0.25) is 5.91 Å². The van der Waals surface area contributed by atoms with Gasteiger partial charge in [0, 0.05) is 56.9 Å². The molecule has 0 bridgehead atoms. The van der Waals surface area contributed by atoms with Crippen LogP contribution in [0.1, 0.15) is 37.7 Å². The van der Waals surface area contributed by atoms with Gasteiger partial charge in [0.1, 0.15) is 11.6 Å². The standard InChI is InChI=1S/C21H30N4O2/c1-22-16-10-13-24(14-11-16)19-6-3-7-20-18(19)5-4-12-25(20)17(15-26)8-9-21(27)23-2/h3,6-7,16,22H,4-5,8-14H2,1-2H3,(H,23,27). The number of amides is 1. The third-order valence-corrected chi connectivity index (χ3v) is 5.78. The molecular weight excluding hydrogens is 340 g/mol. The van der Waals surface area contributed by atoms with Crippen molar-refractivity contribution < 1.29 is 9.59 Å². The van der Waals surface area contributed by atoms with E-state index in [1.165, 1.54) is 11.3 Å². The molecule has 2 N–H and O–H groups in total. The van der Waals surface area contributed by atoms with Crippen LogP contribution in [-0.4, -0.2) is 51.6 Å². The van der Waals surface area contributed by atoms with Crippen LogP contribution in [0.15, 0.2) is 23.9 Å². The average molecular weight is 370 g/mol. The molecule has 0 atom stereocenters. The molecule has 1 aromatic rings. The third kappa shape index (κ3) is 4.34. The maximum atomic E-state index is 11.6. The maximum absolute atomic E-state index is 11.6. The second-order valence-corrected chi connectivity index (χ2v) is 7.30. The maximum Gasteiger partial charge on any atom is 0.220 e. The smallest absolute Gasteiger partial charge is 0.220 e. The SMILES string of the molecule is CNC(=O)CCC(=C=O)N1CCCc2c(N3CCC(NC)CC3)cccc21. The lowest BCUT2D eigenvalue weighted by Crippen LogP contribution is -2.42. The number of nitrogens with zero attached hydrogens (tertiary/aromatic N) is 2. The van der Waals surface area contributed by atoms with E-state index in [1.807, 2.05) is 7.05 Å². The van der Waals surface area contributed by atoms with E-state index in [2.05, 4.69) is 44.6 Å². The van der Waals surface area contributed by atoms with Crippen LogP contribution in [0, 0.1) is 0 Å². The lowest BCUT2D eigenvalue weighted by molar-refractivity contribution is -0.120. The minimum absolute atomic E-state index is 0.0545. The minimum atomic E-state index is -0.0545. The average Bonchev–Trinajstić information content (AvgIpc) is 2.73. The molecule has 0 saturated carbocycles. The van der Waals surface area contributed by atoms with Crippen LogP contribution in [0.5, 0.6) is 0 Å². The molecule has 27 heavy (non-hydrogen) atoms. The van der Waals surface area contributed by atoms with E-state index in [0.717, 1.165) is 51.0 Å². The molecule has 1 saturated heterocycles. The summed E-state index contributed by atoms with van der Waals surface area (Å²) in [5.74, 6) is 2.04. The van der Waals surface area contributed by atoms with Crippen LogP contribution in [0.4, 0.5) is 11.4 Å². The first-order valence-corrected chi connectivity index (χ1v) is 9.94. The number of piperidine rings is 1.